The molecule has 1 N–H and O–H groups in total. The number of nitrogens with zero attached hydrogens (tertiary/aromatic N) is 2. The lowest BCUT2D eigenvalue weighted by atomic mass is 10.2. The van der Waals surface area contributed by atoms with Crippen LogP contribution in [0.3, 0.4) is 0 Å². The van der Waals surface area contributed by atoms with E-state index in [-0.39, 0.29) is 0 Å². The molecule has 0 amide bonds. The zero-order chi connectivity index (χ0) is 14.1. The quantitative estimate of drug-likeness (QED) is 0.847. The standard InChI is InChI=1S/C17H21N3S/c1-2-15(1)19-10-14-9-18-7-5-17(14)20(16-3-4-16)11-13-6-8-21-12-13/h5-9,12,15-16,19H,1-4,10-11H2. The van der Waals surface area contributed by atoms with Gasteiger partial charge in [0.25, 0.3) is 0 Å². The third kappa shape index (κ3) is 3.27. The number of aromatic nitrogens is 1. The normalized spacial score (nSPS) is 17.9. The van der Waals surface area contributed by atoms with E-state index in [1.165, 1.54) is 42.5 Å². The minimum Gasteiger partial charge on any atom is -0.364 e. The number of hydrogen-bond acceptors (Lipinski definition) is 4. The molecule has 0 aromatic carbocycles. The molecule has 0 spiro atoms. The molecule has 2 heterocycles. The molecule has 4 heteroatoms. The van der Waals surface area contributed by atoms with Crippen LogP contribution in [0, 0.1) is 0 Å². The molecule has 0 unspecified atom stereocenters. The Kier molecular flexibility index (Phi) is 3.65. The highest BCUT2D eigenvalue weighted by Gasteiger charge is 2.31. The predicted molar refractivity (Wildman–Crippen MR) is 87.6 cm³/mol. The first kappa shape index (κ1) is 13.3. The molecule has 2 aromatic rings. The van der Waals surface area contributed by atoms with Crippen LogP contribution in [0.4, 0.5) is 5.69 Å². The van der Waals surface area contributed by atoms with Gasteiger partial charge >= 0.3 is 0 Å². The lowest BCUT2D eigenvalue weighted by molar-refractivity contribution is 0.679. The van der Waals surface area contributed by atoms with Crippen molar-refractivity contribution in [2.45, 2.75) is 50.9 Å². The number of hydrogen-bond donors (Lipinski definition) is 1. The fraction of sp³-hybridized carbons (Fsp3) is 0.471. The third-order valence-corrected chi connectivity index (χ3v) is 5.00. The maximum Gasteiger partial charge on any atom is 0.0448 e. The Hall–Kier alpha value is -1.39. The first-order valence-corrected chi connectivity index (χ1v) is 8.78. The Labute approximate surface area is 130 Å². The van der Waals surface area contributed by atoms with E-state index in [1.54, 1.807) is 11.3 Å². The van der Waals surface area contributed by atoms with Crippen LogP contribution in [0.5, 0.6) is 0 Å². The van der Waals surface area contributed by atoms with Crippen molar-refractivity contribution in [1.29, 1.82) is 0 Å². The van der Waals surface area contributed by atoms with Crippen LogP contribution in [-0.2, 0) is 13.1 Å². The largest absolute Gasteiger partial charge is 0.364 e. The van der Waals surface area contributed by atoms with Crippen LogP contribution in [0.2, 0.25) is 0 Å². The predicted octanol–water partition coefficient (Wildman–Crippen LogP) is 3.56. The zero-order valence-electron chi connectivity index (χ0n) is 12.2. The smallest absolute Gasteiger partial charge is 0.0448 e. The van der Waals surface area contributed by atoms with Crippen molar-refractivity contribution in [1.82, 2.24) is 10.3 Å². The Bertz CT molecular complexity index is 588. The molecular formula is C17H21N3S. The summed E-state index contributed by atoms with van der Waals surface area (Å²) in [6, 6.07) is 5.88. The number of anilines is 1. The van der Waals surface area contributed by atoms with Crippen LogP contribution in [0.1, 0.15) is 36.8 Å². The maximum absolute atomic E-state index is 4.34. The van der Waals surface area contributed by atoms with E-state index in [1.807, 2.05) is 12.4 Å². The van der Waals surface area contributed by atoms with Crippen molar-refractivity contribution in [3.8, 4) is 0 Å². The molecule has 2 aromatic heterocycles. The second kappa shape index (κ2) is 5.78. The number of nitrogens with one attached hydrogen (secondary N) is 1. The molecule has 2 fully saturated rings. The van der Waals surface area contributed by atoms with E-state index < -0.39 is 0 Å². The highest BCUT2D eigenvalue weighted by molar-refractivity contribution is 7.07. The molecule has 21 heavy (non-hydrogen) atoms. The molecule has 3 nitrogen and oxygen atoms in total. The van der Waals surface area contributed by atoms with E-state index in [2.05, 4.69) is 38.1 Å². The van der Waals surface area contributed by atoms with Gasteiger partial charge in [-0.25, -0.2) is 0 Å². The molecule has 2 saturated carbocycles. The van der Waals surface area contributed by atoms with E-state index in [0.717, 1.165) is 19.1 Å². The molecule has 0 bridgehead atoms. The summed E-state index contributed by atoms with van der Waals surface area (Å²) < 4.78 is 0. The van der Waals surface area contributed by atoms with Crippen molar-refractivity contribution < 1.29 is 0 Å². The van der Waals surface area contributed by atoms with Gasteiger partial charge in [-0.15, -0.1) is 0 Å². The molecule has 0 aliphatic heterocycles. The number of rotatable bonds is 7. The number of thiophene rings is 1. The van der Waals surface area contributed by atoms with Gasteiger partial charge < -0.3 is 10.2 Å². The zero-order valence-corrected chi connectivity index (χ0v) is 13.0. The Morgan fingerprint density at radius 3 is 2.86 bits per heavy atom. The summed E-state index contributed by atoms with van der Waals surface area (Å²) in [5, 5.41) is 8.05. The van der Waals surface area contributed by atoms with Crippen LogP contribution in [-0.4, -0.2) is 17.1 Å². The second-order valence-electron chi connectivity index (χ2n) is 6.15. The van der Waals surface area contributed by atoms with Crippen molar-refractivity contribution >= 4 is 17.0 Å². The molecular weight excluding hydrogens is 278 g/mol. The minimum atomic E-state index is 0.715. The summed E-state index contributed by atoms with van der Waals surface area (Å²) in [5.41, 5.74) is 4.13. The first-order valence-electron chi connectivity index (χ1n) is 7.84. The molecule has 0 atom stereocenters. The van der Waals surface area contributed by atoms with E-state index in [0.29, 0.717) is 6.04 Å². The van der Waals surface area contributed by atoms with Crippen LogP contribution in [0.25, 0.3) is 0 Å². The van der Waals surface area contributed by atoms with Crippen molar-refractivity contribution in [3.63, 3.8) is 0 Å². The summed E-state index contributed by atoms with van der Waals surface area (Å²) in [5.74, 6) is 0. The minimum absolute atomic E-state index is 0.715. The van der Waals surface area contributed by atoms with Gasteiger partial charge in [0.15, 0.2) is 0 Å². The monoisotopic (exact) mass is 299 g/mol. The van der Waals surface area contributed by atoms with E-state index in [4.69, 9.17) is 0 Å². The van der Waals surface area contributed by atoms with Gasteiger partial charge in [-0.05, 0) is 54.1 Å². The van der Waals surface area contributed by atoms with Crippen molar-refractivity contribution in [2.24, 2.45) is 0 Å². The van der Waals surface area contributed by atoms with Crippen molar-refractivity contribution in [3.05, 3.63) is 46.4 Å². The van der Waals surface area contributed by atoms with Crippen molar-refractivity contribution in [2.75, 3.05) is 4.90 Å². The second-order valence-corrected chi connectivity index (χ2v) is 6.93. The van der Waals surface area contributed by atoms with Gasteiger partial charge in [-0.3, -0.25) is 4.98 Å². The summed E-state index contributed by atoms with van der Waals surface area (Å²) in [4.78, 5) is 6.92. The van der Waals surface area contributed by atoms with E-state index in [9.17, 15) is 0 Å². The summed E-state index contributed by atoms with van der Waals surface area (Å²) in [6.45, 7) is 1.97. The molecule has 2 aliphatic rings. The summed E-state index contributed by atoms with van der Waals surface area (Å²) >= 11 is 1.78. The van der Waals surface area contributed by atoms with Gasteiger partial charge in [0.2, 0.25) is 0 Å². The van der Waals surface area contributed by atoms with Gasteiger partial charge in [-0.2, -0.15) is 11.3 Å². The summed E-state index contributed by atoms with van der Waals surface area (Å²) in [6.07, 6.45) is 9.27. The molecule has 2 aliphatic carbocycles. The molecule has 4 rings (SSSR count). The average Bonchev–Trinajstić information content (AvgIpc) is 3.44. The average molecular weight is 299 g/mol. The van der Waals surface area contributed by atoms with Gasteiger partial charge in [0, 0.05) is 48.8 Å². The van der Waals surface area contributed by atoms with Gasteiger partial charge in [-0.1, -0.05) is 0 Å². The van der Waals surface area contributed by atoms with Crippen LogP contribution >= 0.6 is 11.3 Å². The van der Waals surface area contributed by atoms with Crippen LogP contribution in [0.15, 0.2) is 35.3 Å². The SMILES string of the molecule is c1cc(N(Cc2ccsc2)C2CC2)c(CNC2CC2)cn1. The Morgan fingerprint density at radius 1 is 1.24 bits per heavy atom. The van der Waals surface area contributed by atoms with Gasteiger partial charge in [0.1, 0.15) is 0 Å². The maximum atomic E-state index is 4.34. The molecule has 0 radical (unpaired) electrons. The number of pyridine rings is 1. The third-order valence-electron chi connectivity index (χ3n) is 4.27. The Morgan fingerprint density at radius 2 is 2.14 bits per heavy atom. The first-order chi connectivity index (χ1) is 10.4. The Balaban J connectivity index is 1.56. The van der Waals surface area contributed by atoms with Gasteiger partial charge in [0.05, 0.1) is 0 Å². The van der Waals surface area contributed by atoms with Crippen LogP contribution < -0.4 is 10.2 Å². The summed E-state index contributed by atoms with van der Waals surface area (Å²) in [7, 11) is 0. The molecule has 110 valence electrons. The lowest BCUT2D eigenvalue weighted by Crippen LogP contribution is -2.27. The lowest BCUT2D eigenvalue weighted by Gasteiger charge is -2.27. The highest BCUT2D eigenvalue weighted by atomic mass is 32.1. The highest BCUT2D eigenvalue weighted by Crippen LogP contribution is 2.35. The topological polar surface area (TPSA) is 28.2 Å². The molecule has 0 saturated heterocycles. The fourth-order valence-corrected chi connectivity index (χ4v) is 3.41. The fourth-order valence-electron chi connectivity index (χ4n) is 2.75. The van der Waals surface area contributed by atoms with E-state index >= 15 is 0 Å².